The van der Waals surface area contributed by atoms with Gasteiger partial charge in [0.15, 0.2) is 0 Å². The maximum absolute atomic E-state index is 13.7. The molecule has 0 spiro atoms. The molecule has 1 amide bonds. The Labute approximate surface area is 142 Å². The van der Waals surface area contributed by atoms with Gasteiger partial charge in [-0.05, 0) is 31.2 Å². The van der Waals surface area contributed by atoms with E-state index in [0.29, 0.717) is 15.7 Å². The van der Waals surface area contributed by atoms with Gasteiger partial charge in [-0.15, -0.1) is 0 Å². The van der Waals surface area contributed by atoms with Gasteiger partial charge in [0.2, 0.25) is 5.91 Å². The van der Waals surface area contributed by atoms with E-state index in [1.165, 1.54) is 18.2 Å². The van der Waals surface area contributed by atoms with Gasteiger partial charge >= 0.3 is 0 Å². The molecule has 1 atom stereocenters. The Bertz CT molecular complexity index is 725. The first-order valence-electron chi connectivity index (χ1n) is 6.80. The van der Waals surface area contributed by atoms with Gasteiger partial charge in [0.05, 0.1) is 17.3 Å². The Kier molecular flexibility index (Phi) is 5.93. The molecule has 3 nitrogen and oxygen atoms in total. The van der Waals surface area contributed by atoms with Crippen molar-refractivity contribution < 1.29 is 13.6 Å². The minimum absolute atomic E-state index is 0.0586. The molecule has 2 rings (SSSR count). The maximum Gasteiger partial charge on any atom is 0.238 e. The lowest BCUT2D eigenvalue weighted by molar-refractivity contribution is -0.115. The summed E-state index contributed by atoms with van der Waals surface area (Å²) in [4.78, 5) is 11.9. The van der Waals surface area contributed by atoms with Gasteiger partial charge in [0.1, 0.15) is 11.6 Å². The standard InChI is InChI=1S/C16H14Cl2F2N2O/c1-9(12-4-3-11(19)7-14(12)20)21-8-16(23)22-15-5-2-10(17)6-13(15)18/h2-7,9,21H,8H2,1H3,(H,22,23)/t9-/m0/s1. The number of anilines is 1. The number of halogens is 4. The van der Waals surface area contributed by atoms with Crippen LogP contribution in [0.2, 0.25) is 10.0 Å². The summed E-state index contributed by atoms with van der Waals surface area (Å²) in [5.74, 6) is -1.65. The fraction of sp³-hybridized carbons (Fsp3) is 0.188. The third-order valence-electron chi connectivity index (χ3n) is 3.20. The van der Waals surface area contributed by atoms with Crippen molar-refractivity contribution in [2.24, 2.45) is 0 Å². The van der Waals surface area contributed by atoms with Crippen molar-refractivity contribution >= 4 is 34.8 Å². The molecule has 0 saturated carbocycles. The lowest BCUT2D eigenvalue weighted by Crippen LogP contribution is -2.30. The van der Waals surface area contributed by atoms with Crippen molar-refractivity contribution in [1.82, 2.24) is 5.32 Å². The van der Waals surface area contributed by atoms with Gasteiger partial charge in [-0.2, -0.15) is 0 Å². The minimum atomic E-state index is -0.661. The molecule has 0 aliphatic carbocycles. The molecule has 0 bridgehead atoms. The average Bonchev–Trinajstić information content (AvgIpc) is 2.48. The molecule has 23 heavy (non-hydrogen) atoms. The SMILES string of the molecule is C[C@H](NCC(=O)Nc1ccc(Cl)cc1Cl)c1ccc(F)cc1F. The van der Waals surface area contributed by atoms with Crippen LogP contribution < -0.4 is 10.6 Å². The molecule has 0 aromatic heterocycles. The fourth-order valence-corrected chi connectivity index (χ4v) is 2.45. The van der Waals surface area contributed by atoms with Gasteiger partial charge in [-0.3, -0.25) is 4.79 Å². The van der Waals surface area contributed by atoms with Gasteiger partial charge < -0.3 is 10.6 Å². The molecule has 0 heterocycles. The van der Waals surface area contributed by atoms with E-state index in [9.17, 15) is 13.6 Å². The summed E-state index contributed by atoms with van der Waals surface area (Å²) in [6.45, 7) is 1.62. The summed E-state index contributed by atoms with van der Waals surface area (Å²) in [6, 6.07) is 7.57. The van der Waals surface area contributed by atoms with Crippen LogP contribution in [0.4, 0.5) is 14.5 Å². The van der Waals surface area contributed by atoms with E-state index in [4.69, 9.17) is 23.2 Å². The Morgan fingerprint density at radius 2 is 1.91 bits per heavy atom. The Morgan fingerprint density at radius 3 is 2.57 bits per heavy atom. The topological polar surface area (TPSA) is 41.1 Å². The van der Waals surface area contributed by atoms with Crippen molar-refractivity contribution in [3.05, 3.63) is 63.6 Å². The average molecular weight is 359 g/mol. The maximum atomic E-state index is 13.7. The predicted octanol–water partition coefficient (Wildman–Crippen LogP) is 4.56. The zero-order chi connectivity index (χ0) is 17.0. The highest BCUT2D eigenvalue weighted by Gasteiger charge is 2.13. The number of hydrogen-bond donors (Lipinski definition) is 2. The second kappa shape index (κ2) is 7.73. The van der Waals surface area contributed by atoms with Gasteiger partial charge in [-0.1, -0.05) is 29.3 Å². The highest BCUT2D eigenvalue weighted by atomic mass is 35.5. The zero-order valence-electron chi connectivity index (χ0n) is 12.2. The molecule has 0 saturated heterocycles. The van der Waals surface area contributed by atoms with E-state index < -0.39 is 17.7 Å². The van der Waals surface area contributed by atoms with Crippen molar-refractivity contribution in [3.63, 3.8) is 0 Å². The monoisotopic (exact) mass is 358 g/mol. The number of hydrogen-bond acceptors (Lipinski definition) is 2. The molecule has 2 aromatic rings. The van der Waals surface area contributed by atoms with Crippen LogP contribution in [0.15, 0.2) is 36.4 Å². The molecule has 7 heteroatoms. The summed E-state index contributed by atoms with van der Waals surface area (Å²) < 4.78 is 26.5. The van der Waals surface area contributed by atoms with E-state index in [1.54, 1.807) is 19.1 Å². The summed E-state index contributed by atoms with van der Waals surface area (Å²) in [7, 11) is 0. The van der Waals surface area contributed by atoms with E-state index in [1.807, 2.05) is 0 Å². The van der Waals surface area contributed by atoms with Crippen molar-refractivity contribution in [2.45, 2.75) is 13.0 Å². The lowest BCUT2D eigenvalue weighted by Gasteiger charge is -2.15. The quantitative estimate of drug-likeness (QED) is 0.822. The number of rotatable bonds is 5. The molecule has 0 radical (unpaired) electrons. The van der Waals surface area contributed by atoms with Crippen molar-refractivity contribution in [1.29, 1.82) is 0 Å². The highest BCUT2D eigenvalue weighted by Crippen LogP contribution is 2.25. The van der Waals surface area contributed by atoms with Gasteiger partial charge in [0, 0.05) is 22.7 Å². The van der Waals surface area contributed by atoms with Crippen molar-refractivity contribution in [3.8, 4) is 0 Å². The Hall–Kier alpha value is -1.69. The van der Waals surface area contributed by atoms with Crippen LogP contribution in [0.5, 0.6) is 0 Å². The van der Waals surface area contributed by atoms with Crippen LogP contribution in [0.25, 0.3) is 0 Å². The van der Waals surface area contributed by atoms with Gasteiger partial charge in [-0.25, -0.2) is 8.78 Å². The van der Waals surface area contributed by atoms with Crippen LogP contribution >= 0.6 is 23.2 Å². The third kappa shape index (κ3) is 4.89. The first-order valence-corrected chi connectivity index (χ1v) is 7.55. The predicted molar refractivity (Wildman–Crippen MR) is 87.9 cm³/mol. The number of amides is 1. The smallest absolute Gasteiger partial charge is 0.238 e. The zero-order valence-corrected chi connectivity index (χ0v) is 13.7. The van der Waals surface area contributed by atoms with Crippen LogP contribution in [0.3, 0.4) is 0 Å². The minimum Gasteiger partial charge on any atom is -0.324 e. The van der Waals surface area contributed by atoms with E-state index in [2.05, 4.69) is 10.6 Å². The largest absolute Gasteiger partial charge is 0.324 e. The van der Waals surface area contributed by atoms with Crippen LogP contribution in [0, 0.1) is 11.6 Å². The number of carbonyl (C=O) groups excluding carboxylic acids is 1. The first kappa shape index (κ1) is 17.7. The number of nitrogens with one attached hydrogen (secondary N) is 2. The lowest BCUT2D eigenvalue weighted by atomic mass is 10.1. The molecule has 0 aliphatic heterocycles. The highest BCUT2D eigenvalue weighted by molar-refractivity contribution is 6.36. The van der Waals surface area contributed by atoms with E-state index >= 15 is 0 Å². The molecular weight excluding hydrogens is 345 g/mol. The second-order valence-corrected chi connectivity index (χ2v) is 5.78. The third-order valence-corrected chi connectivity index (χ3v) is 3.75. The normalized spacial score (nSPS) is 12.0. The molecule has 2 aromatic carbocycles. The van der Waals surface area contributed by atoms with Crippen LogP contribution in [-0.4, -0.2) is 12.5 Å². The van der Waals surface area contributed by atoms with E-state index in [0.717, 1.165) is 6.07 Å². The van der Waals surface area contributed by atoms with Crippen molar-refractivity contribution in [2.75, 3.05) is 11.9 Å². The molecule has 0 aliphatic rings. The summed E-state index contributed by atoms with van der Waals surface area (Å²) in [5, 5.41) is 6.28. The fourth-order valence-electron chi connectivity index (χ4n) is 1.99. The number of benzene rings is 2. The van der Waals surface area contributed by atoms with Gasteiger partial charge in [0.25, 0.3) is 0 Å². The number of carbonyl (C=O) groups is 1. The molecule has 0 fully saturated rings. The van der Waals surface area contributed by atoms with Crippen LogP contribution in [0.1, 0.15) is 18.5 Å². The molecular formula is C16H14Cl2F2N2O. The molecule has 122 valence electrons. The Balaban J connectivity index is 1.93. The van der Waals surface area contributed by atoms with Crippen LogP contribution in [-0.2, 0) is 4.79 Å². The summed E-state index contributed by atoms with van der Waals surface area (Å²) in [6.07, 6.45) is 0. The first-order chi connectivity index (χ1) is 10.9. The van der Waals surface area contributed by atoms with E-state index in [-0.39, 0.29) is 18.0 Å². The second-order valence-electron chi connectivity index (χ2n) is 4.94. The molecule has 0 unspecified atom stereocenters. The summed E-state index contributed by atoms with van der Waals surface area (Å²) >= 11 is 11.7. The summed E-state index contributed by atoms with van der Waals surface area (Å²) in [5.41, 5.74) is 0.715. The molecule has 2 N–H and O–H groups in total. The Morgan fingerprint density at radius 1 is 1.17 bits per heavy atom.